The highest BCUT2D eigenvalue weighted by Gasteiger charge is 2.09. The lowest BCUT2D eigenvalue weighted by Gasteiger charge is -2.11. The molecule has 17 heavy (non-hydrogen) atoms. The molecule has 0 fully saturated rings. The van der Waals surface area contributed by atoms with Crippen molar-refractivity contribution < 1.29 is 0 Å². The van der Waals surface area contributed by atoms with Crippen molar-refractivity contribution in [2.75, 3.05) is 5.32 Å². The summed E-state index contributed by atoms with van der Waals surface area (Å²) in [4.78, 5) is 10.1. The topological polar surface area (TPSA) is 42.7 Å². The summed E-state index contributed by atoms with van der Waals surface area (Å²) in [6, 6.07) is 0.387. The lowest BCUT2D eigenvalue weighted by molar-refractivity contribution is 0.777. The minimum absolute atomic E-state index is 0.387. The van der Waals surface area contributed by atoms with Crippen molar-refractivity contribution in [3.05, 3.63) is 28.0 Å². The molecule has 0 saturated carbocycles. The van der Waals surface area contributed by atoms with Gasteiger partial charge in [0.25, 0.3) is 0 Å². The molecule has 0 aliphatic carbocycles. The van der Waals surface area contributed by atoms with E-state index >= 15 is 0 Å². The summed E-state index contributed by atoms with van der Waals surface area (Å²) >= 11 is 1.69. The third-order valence-electron chi connectivity index (χ3n) is 2.47. The molecular formula is C12H18N4S. The summed E-state index contributed by atoms with van der Waals surface area (Å²) in [5.41, 5.74) is 4.04. The molecule has 92 valence electrons. The van der Waals surface area contributed by atoms with Crippen LogP contribution >= 0.6 is 11.3 Å². The monoisotopic (exact) mass is 250 g/mol. The fraction of sp³-hybridized carbons (Fsp3) is 0.500. The molecule has 0 unspecified atom stereocenters. The minimum Gasteiger partial charge on any atom is -0.353 e. The molecule has 4 nitrogen and oxygen atoms in total. The Morgan fingerprint density at radius 1 is 1.41 bits per heavy atom. The number of hydrogen-bond acceptors (Lipinski definition) is 4. The van der Waals surface area contributed by atoms with Crippen molar-refractivity contribution in [3.63, 3.8) is 0 Å². The average Bonchev–Trinajstić information content (AvgIpc) is 2.75. The van der Waals surface area contributed by atoms with Crippen molar-refractivity contribution in [2.45, 2.75) is 40.3 Å². The van der Waals surface area contributed by atoms with Crippen molar-refractivity contribution in [2.24, 2.45) is 0 Å². The molecular weight excluding hydrogens is 232 g/mol. The van der Waals surface area contributed by atoms with E-state index in [9.17, 15) is 0 Å². The number of hydrogen-bond donors (Lipinski definition) is 1. The molecule has 2 heterocycles. The summed E-state index contributed by atoms with van der Waals surface area (Å²) in [5, 5.41) is 3.36. The van der Waals surface area contributed by atoms with Gasteiger partial charge >= 0.3 is 0 Å². The fourth-order valence-electron chi connectivity index (χ4n) is 1.67. The largest absolute Gasteiger partial charge is 0.353 e. The van der Waals surface area contributed by atoms with Gasteiger partial charge in [-0.2, -0.15) is 0 Å². The first-order valence-corrected chi connectivity index (χ1v) is 6.63. The zero-order valence-electron chi connectivity index (χ0n) is 10.7. The molecule has 0 radical (unpaired) electrons. The normalized spacial score (nSPS) is 11.1. The lowest BCUT2D eigenvalue weighted by atomic mass is 10.4. The second kappa shape index (κ2) is 4.87. The van der Waals surface area contributed by atoms with Crippen LogP contribution in [0.4, 0.5) is 5.95 Å². The summed E-state index contributed by atoms with van der Waals surface area (Å²) in [6.45, 7) is 9.14. The van der Waals surface area contributed by atoms with Crippen molar-refractivity contribution in [1.82, 2.24) is 14.5 Å². The Kier molecular flexibility index (Phi) is 3.47. The van der Waals surface area contributed by atoms with Crippen molar-refractivity contribution in [1.29, 1.82) is 0 Å². The van der Waals surface area contributed by atoms with Gasteiger partial charge in [-0.05, 0) is 27.7 Å². The summed E-state index contributed by atoms with van der Waals surface area (Å²) in [7, 11) is 0. The molecule has 2 aromatic rings. The van der Waals surface area contributed by atoms with Crippen molar-refractivity contribution in [3.8, 4) is 0 Å². The van der Waals surface area contributed by atoms with Crippen LogP contribution in [0.3, 0.4) is 0 Å². The summed E-state index contributed by atoms with van der Waals surface area (Å²) in [5.74, 6) is 0.935. The van der Waals surface area contributed by atoms with Crippen LogP contribution in [0, 0.1) is 13.8 Å². The molecule has 0 saturated heterocycles. The van der Waals surface area contributed by atoms with Crippen LogP contribution < -0.4 is 5.32 Å². The third-order valence-corrected chi connectivity index (χ3v) is 3.39. The molecule has 0 spiro atoms. The van der Waals surface area contributed by atoms with E-state index in [4.69, 9.17) is 0 Å². The van der Waals surface area contributed by atoms with Crippen LogP contribution in [0.1, 0.15) is 30.1 Å². The molecule has 1 N–H and O–H groups in total. The van der Waals surface area contributed by atoms with Gasteiger partial charge in [0.1, 0.15) is 0 Å². The van der Waals surface area contributed by atoms with Gasteiger partial charge in [0.2, 0.25) is 5.95 Å². The fourth-order valence-corrected chi connectivity index (χ4v) is 2.45. The molecule has 0 aromatic carbocycles. The van der Waals surface area contributed by atoms with E-state index in [1.165, 1.54) is 4.88 Å². The van der Waals surface area contributed by atoms with Gasteiger partial charge < -0.3 is 9.88 Å². The Hall–Kier alpha value is -1.36. The molecule has 0 bridgehead atoms. The number of aryl methyl sites for hydroxylation is 2. The first-order chi connectivity index (χ1) is 8.06. The van der Waals surface area contributed by atoms with Crippen LogP contribution in [0.5, 0.6) is 0 Å². The smallest absolute Gasteiger partial charge is 0.203 e. The van der Waals surface area contributed by atoms with Gasteiger partial charge in [0, 0.05) is 17.1 Å². The average molecular weight is 250 g/mol. The maximum atomic E-state index is 4.50. The van der Waals surface area contributed by atoms with E-state index in [-0.39, 0.29) is 0 Å². The predicted octanol–water partition coefficient (Wildman–Crippen LogP) is 2.83. The Bertz CT molecular complexity index is 498. The number of aromatic nitrogens is 3. The van der Waals surface area contributed by atoms with Gasteiger partial charge in [-0.1, -0.05) is 0 Å². The van der Waals surface area contributed by atoms with Crippen LogP contribution in [0.15, 0.2) is 11.7 Å². The second-order valence-corrected chi connectivity index (χ2v) is 5.43. The zero-order valence-corrected chi connectivity index (χ0v) is 11.5. The number of nitrogens with zero attached hydrogens (tertiary/aromatic N) is 3. The highest BCUT2D eigenvalue weighted by atomic mass is 32.1. The predicted molar refractivity (Wildman–Crippen MR) is 71.7 cm³/mol. The molecule has 0 atom stereocenters. The Balaban J connectivity index is 2.23. The van der Waals surface area contributed by atoms with E-state index in [2.05, 4.69) is 39.9 Å². The van der Waals surface area contributed by atoms with E-state index in [1.807, 2.05) is 19.4 Å². The summed E-state index contributed by atoms with van der Waals surface area (Å²) in [6.07, 6.45) is 2.07. The van der Waals surface area contributed by atoms with Crippen LogP contribution in [0.2, 0.25) is 0 Å². The van der Waals surface area contributed by atoms with Gasteiger partial charge in [-0.15, -0.1) is 11.3 Å². The number of imidazole rings is 1. The van der Waals surface area contributed by atoms with E-state index in [0.29, 0.717) is 6.04 Å². The Morgan fingerprint density at radius 3 is 2.76 bits per heavy atom. The molecule has 0 aliphatic heterocycles. The molecule has 0 amide bonds. The zero-order chi connectivity index (χ0) is 12.4. The quantitative estimate of drug-likeness (QED) is 0.907. The van der Waals surface area contributed by atoms with Gasteiger partial charge in [-0.25, -0.2) is 9.97 Å². The number of nitrogens with one attached hydrogen (secondary N) is 1. The Morgan fingerprint density at radius 2 is 2.18 bits per heavy atom. The van der Waals surface area contributed by atoms with Gasteiger partial charge in [0.15, 0.2) is 0 Å². The highest BCUT2D eigenvalue weighted by molar-refractivity contribution is 7.09. The van der Waals surface area contributed by atoms with Crippen molar-refractivity contribution >= 4 is 17.3 Å². The maximum absolute atomic E-state index is 4.50. The van der Waals surface area contributed by atoms with E-state index in [0.717, 1.165) is 23.9 Å². The van der Waals surface area contributed by atoms with Crippen LogP contribution in [-0.2, 0) is 6.54 Å². The number of rotatable bonds is 4. The van der Waals surface area contributed by atoms with Gasteiger partial charge in [-0.3, -0.25) is 0 Å². The minimum atomic E-state index is 0.387. The number of anilines is 1. The van der Waals surface area contributed by atoms with Gasteiger partial charge in [0.05, 0.1) is 23.4 Å². The molecule has 0 aliphatic rings. The molecule has 5 heteroatoms. The first-order valence-electron chi connectivity index (χ1n) is 5.75. The Labute approximate surface area is 106 Å². The van der Waals surface area contributed by atoms with Crippen LogP contribution in [-0.4, -0.2) is 20.6 Å². The van der Waals surface area contributed by atoms with E-state index in [1.54, 1.807) is 11.3 Å². The molecule has 2 rings (SSSR count). The maximum Gasteiger partial charge on any atom is 0.203 e. The molecule has 2 aromatic heterocycles. The SMILES string of the molecule is Cc1cn(Cc2scnc2C)c(NC(C)C)n1. The second-order valence-electron chi connectivity index (χ2n) is 4.49. The van der Waals surface area contributed by atoms with Crippen LogP contribution in [0.25, 0.3) is 0 Å². The van der Waals surface area contributed by atoms with E-state index < -0.39 is 0 Å². The highest BCUT2D eigenvalue weighted by Crippen LogP contribution is 2.18. The summed E-state index contributed by atoms with van der Waals surface area (Å²) < 4.78 is 2.15. The standard InChI is InChI=1S/C12H18N4S/c1-8(2)14-12-15-9(3)5-16(12)6-11-10(4)13-7-17-11/h5,7-8H,6H2,1-4H3,(H,14,15). The number of thiazole rings is 1. The third kappa shape index (κ3) is 2.85. The lowest BCUT2D eigenvalue weighted by Crippen LogP contribution is -2.14. The first kappa shape index (κ1) is 12.1.